The first-order valence-electron chi connectivity index (χ1n) is 7.42. The maximum absolute atomic E-state index is 11.5. The van der Waals surface area contributed by atoms with Crippen molar-refractivity contribution in [3.05, 3.63) is 69.8 Å². The number of nitrogens with two attached hydrogens (primary N) is 2. The van der Waals surface area contributed by atoms with Gasteiger partial charge in [-0.05, 0) is 12.1 Å². The smallest absolute Gasteiger partial charge is 0.289 e. The molecule has 2 aromatic carbocycles. The molecule has 9 heteroatoms. The summed E-state index contributed by atoms with van der Waals surface area (Å²) in [5, 5.41) is 30.3. The van der Waals surface area contributed by atoms with Gasteiger partial charge in [0.25, 0.3) is 5.69 Å². The predicted octanol–water partition coefficient (Wildman–Crippen LogP) is 2.48. The van der Waals surface area contributed by atoms with Crippen molar-refractivity contribution < 1.29 is 9.45 Å². The zero-order chi connectivity index (χ0) is 18.8. The van der Waals surface area contributed by atoms with Crippen molar-refractivity contribution in [2.45, 2.75) is 0 Å². The highest BCUT2D eigenvalue weighted by molar-refractivity contribution is 6.01. The number of amidine groups is 2. The number of aromatic nitrogens is 1. The molecular weight excluding hydrogens is 336 g/mol. The Balaban J connectivity index is 2.05. The molecule has 130 valence electrons. The Morgan fingerprint density at radius 3 is 2.35 bits per heavy atom. The van der Waals surface area contributed by atoms with Crippen LogP contribution in [0, 0.1) is 20.9 Å². The van der Waals surface area contributed by atoms with Crippen molar-refractivity contribution in [1.29, 1.82) is 10.8 Å². The topological polar surface area (TPSA) is 169 Å². The maximum Gasteiger partial charge on any atom is 0.289 e. The van der Waals surface area contributed by atoms with Gasteiger partial charge in [0, 0.05) is 17.2 Å². The third kappa shape index (κ3) is 3.00. The molecular formula is C17H14N6O3. The standard InChI is InChI=1S/C17H14N6O3/c18-16(19)10-6-4-9(5-7-10)14-8-13(22-26-14)11-2-1-3-12(17(20)21)15(11)23(24)25/h1-8H,(H3,18,19)(H3,20,21). The average Bonchev–Trinajstić information content (AvgIpc) is 3.11. The molecule has 0 fully saturated rings. The second-order valence-electron chi connectivity index (χ2n) is 5.44. The second-order valence-corrected chi connectivity index (χ2v) is 5.44. The number of rotatable bonds is 5. The summed E-state index contributed by atoms with van der Waals surface area (Å²) in [6.07, 6.45) is 0. The van der Waals surface area contributed by atoms with Gasteiger partial charge < -0.3 is 16.0 Å². The summed E-state index contributed by atoms with van der Waals surface area (Å²) in [4.78, 5) is 10.9. The Bertz CT molecular complexity index is 1020. The number of hydrogen-bond donors (Lipinski definition) is 4. The molecule has 1 heterocycles. The summed E-state index contributed by atoms with van der Waals surface area (Å²) in [5.74, 6) is -0.0498. The molecule has 0 bridgehead atoms. The lowest BCUT2D eigenvalue weighted by molar-refractivity contribution is -0.384. The van der Waals surface area contributed by atoms with E-state index in [2.05, 4.69) is 5.16 Å². The molecule has 6 N–H and O–H groups in total. The summed E-state index contributed by atoms with van der Waals surface area (Å²) in [6.45, 7) is 0. The van der Waals surface area contributed by atoms with Crippen molar-refractivity contribution in [1.82, 2.24) is 5.16 Å². The highest BCUT2D eigenvalue weighted by Gasteiger charge is 2.24. The van der Waals surface area contributed by atoms with Crippen LogP contribution in [-0.2, 0) is 0 Å². The molecule has 0 saturated heterocycles. The van der Waals surface area contributed by atoms with Gasteiger partial charge >= 0.3 is 0 Å². The lowest BCUT2D eigenvalue weighted by Gasteiger charge is -2.04. The molecule has 1 aromatic heterocycles. The van der Waals surface area contributed by atoms with E-state index in [4.69, 9.17) is 26.8 Å². The number of nitro benzene ring substituents is 1. The van der Waals surface area contributed by atoms with Crippen LogP contribution in [0.15, 0.2) is 53.1 Å². The first-order valence-corrected chi connectivity index (χ1v) is 7.42. The minimum absolute atomic E-state index is 0.0165. The number of nitrogens with zero attached hydrogens (tertiary/aromatic N) is 2. The lowest BCUT2D eigenvalue weighted by atomic mass is 10.0. The zero-order valence-electron chi connectivity index (χ0n) is 13.4. The second kappa shape index (κ2) is 6.48. The molecule has 0 unspecified atom stereocenters. The summed E-state index contributed by atoms with van der Waals surface area (Å²) in [5.41, 5.74) is 12.3. The molecule has 9 nitrogen and oxygen atoms in total. The van der Waals surface area contributed by atoms with Crippen LogP contribution in [0.5, 0.6) is 0 Å². The van der Waals surface area contributed by atoms with Gasteiger partial charge in [-0.1, -0.05) is 35.5 Å². The van der Waals surface area contributed by atoms with Crippen molar-refractivity contribution >= 4 is 17.4 Å². The van der Waals surface area contributed by atoms with Gasteiger partial charge in [-0.15, -0.1) is 0 Å². The van der Waals surface area contributed by atoms with Gasteiger partial charge in [0.2, 0.25) is 0 Å². The normalized spacial score (nSPS) is 10.5. The highest BCUT2D eigenvalue weighted by atomic mass is 16.6. The van der Waals surface area contributed by atoms with E-state index in [0.29, 0.717) is 16.9 Å². The fourth-order valence-corrected chi connectivity index (χ4v) is 2.52. The summed E-state index contributed by atoms with van der Waals surface area (Å²) in [6, 6.07) is 12.8. The number of nitro groups is 1. The third-order valence-corrected chi connectivity index (χ3v) is 3.78. The monoisotopic (exact) mass is 350 g/mol. The fourth-order valence-electron chi connectivity index (χ4n) is 2.52. The SMILES string of the molecule is N=C(N)c1ccc(-c2cc(-c3cccc(C(=N)N)c3[N+](=O)[O-])no2)cc1. The molecule has 26 heavy (non-hydrogen) atoms. The van der Waals surface area contributed by atoms with E-state index in [1.165, 1.54) is 12.1 Å². The zero-order valence-corrected chi connectivity index (χ0v) is 13.4. The van der Waals surface area contributed by atoms with Gasteiger partial charge in [-0.3, -0.25) is 20.9 Å². The number of nitrogen functional groups attached to an aromatic ring is 2. The molecule has 0 aliphatic rings. The van der Waals surface area contributed by atoms with Crippen LogP contribution in [0.1, 0.15) is 11.1 Å². The number of nitrogens with one attached hydrogen (secondary N) is 2. The van der Waals surface area contributed by atoms with Crippen LogP contribution >= 0.6 is 0 Å². The van der Waals surface area contributed by atoms with E-state index in [9.17, 15) is 10.1 Å². The van der Waals surface area contributed by atoms with E-state index < -0.39 is 10.8 Å². The number of hydrogen-bond acceptors (Lipinski definition) is 6. The average molecular weight is 350 g/mol. The Morgan fingerprint density at radius 1 is 1.08 bits per heavy atom. The molecule has 0 amide bonds. The first kappa shape index (κ1) is 16.8. The van der Waals surface area contributed by atoms with Crippen LogP contribution in [0.2, 0.25) is 0 Å². The minimum Gasteiger partial charge on any atom is -0.384 e. The van der Waals surface area contributed by atoms with Gasteiger partial charge in [-0.2, -0.15) is 0 Å². The Kier molecular flexibility index (Phi) is 4.19. The molecule has 0 aliphatic heterocycles. The lowest BCUT2D eigenvalue weighted by Crippen LogP contribution is -2.14. The minimum atomic E-state index is -0.595. The Labute approximate surface area is 147 Å². The number of benzene rings is 2. The molecule has 3 rings (SSSR count). The number of para-hydroxylation sites is 1. The van der Waals surface area contributed by atoms with Gasteiger partial charge in [-0.25, -0.2) is 0 Å². The van der Waals surface area contributed by atoms with E-state index in [1.54, 1.807) is 36.4 Å². The Morgan fingerprint density at radius 2 is 1.77 bits per heavy atom. The van der Waals surface area contributed by atoms with Crippen LogP contribution < -0.4 is 11.5 Å². The molecule has 3 aromatic rings. The van der Waals surface area contributed by atoms with Crippen molar-refractivity contribution in [3.8, 4) is 22.6 Å². The molecule has 0 atom stereocenters. The molecule has 0 saturated carbocycles. The van der Waals surface area contributed by atoms with Crippen molar-refractivity contribution in [3.63, 3.8) is 0 Å². The predicted molar refractivity (Wildman–Crippen MR) is 96.1 cm³/mol. The van der Waals surface area contributed by atoms with E-state index in [1.807, 2.05) is 0 Å². The largest absolute Gasteiger partial charge is 0.384 e. The Hall–Kier alpha value is -4.01. The van der Waals surface area contributed by atoms with E-state index in [-0.39, 0.29) is 28.3 Å². The quantitative estimate of drug-likeness (QED) is 0.238. The van der Waals surface area contributed by atoms with E-state index in [0.717, 1.165) is 0 Å². The first-order chi connectivity index (χ1) is 12.4. The molecule has 0 spiro atoms. The van der Waals surface area contributed by atoms with Crippen LogP contribution in [0.4, 0.5) is 5.69 Å². The summed E-state index contributed by atoms with van der Waals surface area (Å²) in [7, 11) is 0. The maximum atomic E-state index is 11.5. The van der Waals surface area contributed by atoms with Gasteiger partial charge in [0.1, 0.15) is 17.4 Å². The molecule has 0 aliphatic carbocycles. The third-order valence-electron chi connectivity index (χ3n) is 3.78. The van der Waals surface area contributed by atoms with Crippen LogP contribution in [0.3, 0.4) is 0 Å². The van der Waals surface area contributed by atoms with Crippen molar-refractivity contribution in [2.24, 2.45) is 11.5 Å². The van der Waals surface area contributed by atoms with Crippen LogP contribution in [-0.4, -0.2) is 21.8 Å². The van der Waals surface area contributed by atoms with Gasteiger partial charge in [0.05, 0.1) is 16.1 Å². The molecule has 0 radical (unpaired) electrons. The van der Waals surface area contributed by atoms with Gasteiger partial charge in [0.15, 0.2) is 5.76 Å². The summed E-state index contributed by atoms with van der Waals surface area (Å²) < 4.78 is 5.30. The van der Waals surface area contributed by atoms with E-state index >= 15 is 0 Å². The highest BCUT2D eigenvalue weighted by Crippen LogP contribution is 2.34. The fraction of sp³-hybridized carbons (Fsp3) is 0. The van der Waals surface area contributed by atoms with Crippen LogP contribution in [0.25, 0.3) is 22.6 Å². The van der Waals surface area contributed by atoms with Crippen molar-refractivity contribution in [2.75, 3.05) is 0 Å². The summed E-state index contributed by atoms with van der Waals surface area (Å²) >= 11 is 0.